The molecule has 0 aliphatic carbocycles. The summed E-state index contributed by atoms with van der Waals surface area (Å²) in [6.45, 7) is 5.15. The fourth-order valence-electron chi connectivity index (χ4n) is 0.503. The summed E-state index contributed by atoms with van der Waals surface area (Å²) in [6, 6.07) is 0. The third-order valence-electron chi connectivity index (χ3n) is 1.15. The molecule has 0 aromatic carbocycles. The standard InChI is InChI=1S/C6H12O3/c1-3-5(7)6(4-2)9-8/h4-8H,2-3H2,1H3/t5-,6+/m1/s1. The molecule has 0 unspecified atom stereocenters. The van der Waals surface area contributed by atoms with Gasteiger partial charge < -0.3 is 5.11 Å². The van der Waals surface area contributed by atoms with Gasteiger partial charge in [0.2, 0.25) is 0 Å². The van der Waals surface area contributed by atoms with Crippen molar-refractivity contribution in [3.8, 4) is 0 Å². The molecule has 0 rings (SSSR count). The predicted molar refractivity (Wildman–Crippen MR) is 34.0 cm³/mol. The molecule has 0 fully saturated rings. The lowest BCUT2D eigenvalue weighted by Gasteiger charge is -2.13. The van der Waals surface area contributed by atoms with Gasteiger partial charge in [0.1, 0.15) is 6.10 Å². The van der Waals surface area contributed by atoms with E-state index in [2.05, 4.69) is 11.5 Å². The molecule has 0 radical (unpaired) electrons. The van der Waals surface area contributed by atoms with Gasteiger partial charge in [-0.2, -0.15) is 0 Å². The van der Waals surface area contributed by atoms with Crippen molar-refractivity contribution < 1.29 is 15.3 Å². The summed E-state index contributed by atoms with van der Waals surface area (Å²) in [5.74, 6) is 0. The van der Waals surface area contributed by atoms with Gasteiger partial charge in [-0.3, -0.25) is 5.26 Å². The molecule has 0 saturated carbocycles. The quantitative estimate of drug-likeness (QED) is 0.338. The highest BCUT2D eigenvalue weighted by atomic mass is 17.1. The molecule has 3 nitrogen and oxygen atoms in total. The highest BCUT2D eigenvalue weighted by Crippen LogP contribution is 2.01. The second kappa shape index (κ2) is 4.49. The van der Waals surface area contributed by atoms with E-state index in [9.17, 15) is 0 Å². The zero-order chi connectivity index (χ0) is 7.28. The Hall–Kier alpha value is -0.380. The topological polar surface area (TPSA) is 49.7 Å². The van der Waals surface area contributed by atoms with Gasteiger partial charge in [-0.05, 0) is 6.42 Å². The first kappa shape index (κ1) is 8.62. The molecular formula is C6H12O3. The minimum atomic E-state index is -0.660. The van der Waals surface area contributed by atoms with Gasteiger partial charge in [-0.15, -0.1) is 6.58 Å². The normalized spacial score (nSPS) is 16.8. The Morgan fingerprint density at radius 1 is 1.78 bits per heavy atom. The molecule has 2 N–H and O–H groups in total. The Labute approximate surface area is 54.5 Å². The number of hydrogen-bond acceptors (Lipinski definition) is 3. The average Bonchev–Trinajstić information content (AvgIpc) is 1.90. The molecule has 9 heavy (non-hydrogen) atoms. The molecule has 0 aliphatic rings. The van der Waals surface area contributed by atoms with E-state index in [1.54, 1.807) is 6.92 Å². The predicted octanol–water partition coefficient (Wildman–Crippen LogP) is 0.801. The molecular weight excluding hydrogens is 120 g/mol. The second-order valence-electron chi connectivity index (χ2n) is 1.78. The van der Waals surface area contributed by atoms with Crippen LogP contribution in [0, 0.1) is 0 Å². The summed E-state index contributed by atoms with van der Waals surface area (Å²) in [4.78, 5) is 3.88. The molecule has 2 atom stereocenters. The van der Waals surface area contributed by atoms with E-state index in [1.165, 1.54) is 6.08 Å². The first-order valence-electron chi connectivity index (χ1n) is 2.87. The van der Waals surface area contributed by atoms with Crippen LogP contribution < -0.4 is 0 Å². The van der Waals surface area contributed by atoms with Crippen LogP contribution in [0.3, 0.4) is 0 Å². The lowest BCUT2D eigenvalue weighted by molar-refractivity contribution is -0.283. The molecule has 0 saturated heterocycles. The Balaban J connectivity index is 3.63. The van der Waals surface area contributed by atoms with Gasteiger partial charge in [-0.25, -0.2) is 4.89 Å². The fraction of sp³-hybridized carbons (Fsp3) is 0.667. The second-order valence-corrected chi connectivity index (χ2v) is 1.78. The lowest BCUT2D eigenvalue weighted by Crippen LogP contribution is -2.24. The Kier molecular flexibility index (Phi) is 4.30. The third kappa shape index (κ3) is 2.60. The van der Waals surface area contributed by atoms with Crippen LogP contribution in [0.25, 0.3) is 0 Å². The molecule has 0 aromatic heterocycles. The van der Waals surface area contributed by atoms with Crippen molar-refractivity contribution in [3.05, 3.63) is 12.7 Å². The van der Waals surface area contributed by atoms with Crippen LogP contribution in [-0.2, 0) is 4.89 Å². The van der Waals surface area contributed by atoms with Crippen molar-refractivity contribution in [1.29, 1.82) is 0 Å². The molecule has 0 aliphatic heterocycles. The minimum absolute atomic E-state index is 0.539. The van der Waals surface area contributed by atoms with E-state index < -0.39 is 12.2 Å². The van der Waals surface area contributed by atoms with Crippen molar-refractivity contribution >= 4 is 0 Å². The zero-order valence-corrected chi connectivity index (χ0v) is 5.45. The number of aliphatic hydroxyl groups is 1. The van der Waals surface area contributed by atoms with E-state index in [-0.39, 0.29) is 0 Å². The van der Waals surface area contributed by atoms with Crippen molar-refractivity contribution in [2.45, 2.75) is 25.6 Å². The first-order valence-corrected chi connectivity index (χ1v) is 2.87. The van der Waals surface area contributed by atoms with E-state index in [4.69, 9.17) is 10.4 Å². The van der Waals surface area contributed by atoms with Crippen LogP contribution in [0.5, 0.6) is 0 Å². The maximum atomic E-state index is 8.96. The van der Waals surface area contributed by atoms with E-state index >= 15 is 0 Å². The van der Waals surface area contributed by atoms with Crippen LogP contribution in [0.15, 0.2) is 12.7 Å². The molecule has 3 heteroatoms. The molecule has 0 amide bonds. The van der Waals surface area contributed by atoms with Crippen molar-refractivity contribution in [2.75, 3.05) is 0 Å². The summed E-state index contributed by atoms with van der Waals surface area (Å²) in [5.41, 5.74) is 0. The van der Waals surface area contributed by atoms with E-state index in [1.807, 2.05) is 0 Å². The molecule has 0 aromatic rings. The largest absolute Gasteiger partial charge is 0.390 e. The van der Waals surface area contributed by atoms with Gasteiger partial charge in [0.05, 0.1) is 6.10 Å². The monoisotopic (exact) mass is 132 g/mol. The first-order chi connectivity index (χ1) is 4.26. The van der Waals surface area contributed by atoms with Gasteiger partial charge in [-0.1, -0.05) is 13.0 Å². The highest BCUT2D eigenvalue weighted by Gasteiger charge is 2.13. The Morgan fingerprint density at radius 3 is 2.44 bits per heavy atom. The minimum Gasteiger partial charge on any atom is -0.390 e. The lowest BCUT2D eigenvalue weighted by atomic mass is 10.1. The molecule has 0 bridgehead atoms. The molecule has 0 spiro atoms. The van der Waals surface area contributed by atoms with E-state index in [0.717, 1.165) is 0 Å². The molecule has 0 heterocycles. The van der Waals surface area contributed by atoms with Crippen LogP contribution in [0.4, 0.5) is 0 Å². The number of aliphatic hydroxyl groups excluding tert-OH is 1. The number of hydrogen-bond donors (Lipinski definition) is 2. The van der Waals surface area contributed by atoms with Crippen LogP contribution >= 0.6 is 0 Å². The maximum absolute atomic E-state index is 8.96. The SMILES string of the molecule is C=C[C@H](OO)[C@H](O)CC. The van der Waals surface area contributed by atoms with Crippen LogP contribution in [0.2, 0.25) is 0 Å². The Morgan fingerprint density at radius 2 is 2.33 bits per heavy atom. The van der Waals surface area contributed by atoms with Gasteiger partial charge in [0, 0.05) is 0 Å². The summed E-state index contributed by atoms with van der Waals surface area (Å²) in [7, 11) is 0. The maximum Gasteiger partial charge on any atom is 0.136 e. The van der Waals surface area contributed by atoms with Crippen molar-refractivity contribution in [2.24, 2.45) is 0 Å². The average molecular weight is 132 g/mol. The Bertz CT molecular complexity index is 82.4. The molecule has 54 valence electrons. The fourth-order valence-corrected chi connectivity index (χ4v) is 0.503. The van der Waals surface area contributed by atoms with Gasteiger partial charge in [0.15, 0.2) is 0 Å². The smallest absolute Gasteiger partial charge is 0.136 e. The highest BCUT2D eigenvalue weighted by molar-refractivity contribution is 4.84. The van der Waals surface area contributed by atoms with Crippen LogP contribution in [-0.4, -0.2) is 22.6 Å². The summed E-state index contributed by atoms with van der Waals surface area (Å²) >= 11 is 0. The number of rotatable bonds is 4. The summed E-state index contributed by atoms with van der Waals surface area (Å²) in [6.07, 6.45) is 0.577. The van der Waals surface area contributed by atoms with Crippen molar-refractivity contribution in [3.63, 3.8) is 0 Å². The van der Waals surface area contributed by atoms with Gasteiger partial charge in [0.25, 0.3) is 0 Å². The van der Waals surface area contributed by atoms with Gasteiger partial charge >= 0.3 is 0 Å². The summed E-state index contributed by atoms with van der Waals surface area (Å²) < 4.78 is 0. The summed E-state index contributed by atoms with van der Waals surface area (Å²) in [5, 5.41) is 17.1. The zero-order valence-electron chi connectivity index (χ0n) is 5.45. The van der Waals surface area contributed by atoms with Crippen LogP contribution in [0.1, 0.15) is 13.3 Å². The third-order valence-corrected chi connectivity index (χ3v) is 1.15. The van der Waals surface area contributed by atoms with E-state index in [0.29, 0.717) is 6.42 Å². The van der Waals surface area contributed by atoms with Crippen molar-refractivity contribution in [1.82, 2.24) is 0 Å².